The molecule has 78 valence electrons. The molecule has 0 amide bonds. The summed E-state index contributed by atoms with van der Waals surface area (Å²) >= 11 is 0. The van der Waals surface area contributed by atoms with Crippen molar-refractivity contribution in [1.29, 1.82) is 0 Å². The molecule has 1 fully saturated rings. The summed E-state index contributed by atoms with van der Waals surface area (Å²) in [7, 11) is 0. The Morgan fingerprint density at radius 2 is 2.29 bits per heavy atom. The summed E-state index contributed by atoms with van der Waals surface area (Å²) < 4.78 is 16.5. The van der Waals surface area contributed by atoms with E-state index >= 15 is 0 Å². The van der Waals surface area contributed by atoms with Crippen LogP contribution in [0.2, 0.25) is 0 Å². The van der Waals surface area contributed by atoms with Crippen LogP contribution in [0, 0.1) is 5.92 Å². The monoisotopic (exact) mass is 196 g/mol. The Morgan fingerprint density at radius 3 is 2.93 bits per heavy atom. The van der Waals surface area contributed by atoms with Crippen LogP contribution in [0.5, 0.6) is 0 Å². The fourth-order valence-electron chi connectivity index (χ4n) is 1.62. The van der Waals surface area contributed by atoms with Crippen LogP contribution >= 0.6 is 0 Å². The van der Waals surface area contributed by atoms with E-state index in [2.05, 4.69) is 13.8 Å². The maximum Gasteiger partial charge on any atom is 0.217 e. The highest BCUT2D eigenvalue weighted by molar-refractivity contribution is 5.00. The van der Waals surface area contributed by atoms with Crippen LogP contribution in [0.15, 0.2) is 22.8 Å². The van der Waals surface area contributed by atoms with Gasteiger partial charge >= 0.3 is 0 Å². The van der Waals surface area contributed by atoms with Crippen molar-refractivity contribution in [2.75, 3.05) is 6.61 Å². The average molecular weight is 196 g/mol. The summed E-state index contributed by atoms with van der Waals surface area (Å²) in [6, 6.07) is 3.73. The van der Waals surface area contributed by atoms with Crippen LogP contribution in [0.4, 0.5) is 0 Å². The summed E-state index contributed by atoms with van der Waals surface area (Å²) in [6.07, 6.45) is 2.57. The van der Waals surface area contributed by atoms with E-state index in [0.717, 1.165) is 18.8 Å². The lowest BCUT2D eigenvalue weighted by Gasteiger charge is -2.31. The summed E-state index contributed by atoms with van der Waals surface area (Å²) in [5.74, 6) is 1.28. The molecule has 0 aliphatic carbocycles. The third-order valence-electron chi connectivity index (χ3n) is 2.49. The number of furan rings is 1. The Hall–Kier alpha value is -0.800. The molecule has 2 heterocycles. The molecule has 1 aliphatic rings. The van der Waals surface area contributed by atoms with E-state index in [4.69, 9.17) is 13.9 Å². The predicted octanol–water partition coefficient (Wildman–Crippen LogP) is 2.74. The minimum atomic E-state index is -0.314. The second-order valence-corrected chi connectivity index (χ2v) is 3.93. The molecule has 0 bridgehead atoms. The van der Waals surface area contributed by atoms with E-state index in [0.29, 0.717) is 5.92 Å². The van der Waals surface area contributed by atoms with Crippen molar-refractivity contribution in [3.8, 4) is 0 Å². The maximum absolute atomic E-state index is 5.78. The van der Waals surface area contributed by atoms with E-state index in [1.807, 2.05) is 12.1 Å². The zero-order valence-corrected chi connectivity index (χ0v) is 8.60. The van der Waals surface area contributed by atoms with Gasteiger partial charge in [-0.05, 0) is 24.5 Å². The highest BCUT2D eigenvalue weighted by Crippen LogP contribution is 2.29. The van der Waals surface area contributed by atoms with Crippen molar-refractivity contribution >= 4 is 0 Å². The van der Waals surface area contributed by atoms with E-state index in [9.17, 15) is 0 Å². The largest absolute Gasteiger partial charge is 0.464 e. The molecule has 2 rings (SSSR count). The lowest BCUT2D eigenvalue weighted by atomic mass is 10.0. The molecule has 0 aromatic carbocycles. The topological polar surface area (TPSA) is 31.6 Å². The molecule has 3 heteroatoms. The van der Waals surface area contributed by atoms with Gasteiger partial charge in [0.15, 0.2) is 5.76 Å². The third kappa shape index (κ3) is 1.99. The van der Waals surface area contributed by atoms with Crippen molar-refractivity contribution in [2.24, 2.45) is 5.92 Å². The van der Waals surface area contributed by atoms with Crippen LogP contribution < -0.4 is 0 Å². The van der Waals surface area contributed by atoms with Crippen molar-refractivity contribution in [3.05, 3.63) is 24.2 Å². The van der Waals surface area contributed by atoms with Gasteiger partial charge in [0.05, 0.1) is 19.0 Å². The van der Waals surface area contributed by atoms with Gasteiger partial charge in [0, 0.05) is 0 Å². The molecule has 2 atom stereocenters. The minimum absolute atomic E-state index is 0.277. The highest BCUT2D eigenvalue weighted by Gasteiger charge is 2.27. The lowest BCUT2D eigenvalue weighted by molar-refractivity contribution is -0.233. The molecule has 1 aromatic rings. The molecule has 0 unspecified atom stereocenters. The molecular weight excluding hydrogens is 180 g/mol. The van der Waals surface area contributed by atoms with Crippen molar-refractivity contribution < 1.29 is 13.9 Å². The maximum atomic E-state index is 5.78. The SMILES string of the molecule is CC(C)[C@@H]1CCO[C@H](c2ccco2)O1. The van der Waals surface area contributed by atoms with Gasteiger partial charge in [-0.1, -0.05) is 13.8 Å². The van der Waals surface area contributed by atoms with Crippen LogP contribution in [0.25, 0.3) is 0 Å². The molecule has 3 nitrogen and oxygen atoms in total. The van der Waals surface area contributed by atoms with Gasteiger partial charge in [-0.2, -0.15) is 0 Å². The summed E-state index contributed by atoms with van der Waals surface area (Å²) in [5, 5.41) is 0. The van der Waals surface area contributed by atoms with Gasteiger partial charge < -0.3 is 13.9 Å². The van der Waals surface area contributed by atoms with Gasteiger partial charge in [-0.25, -0.2) is 0 Å². The first-order chi connectivity index (χ1) is 6.77. The second kappa shape index (κ2) is 4.15. The smallest absolute Gasteiger partial charge is 0.217 e. The Balaban J connectivity index is 2.01. The highest BCUT2D eigenvalue weighted by atomic mass is 16.7. The first-order valence-corrected chi connectivity index (χ1v) is 5.08. The van der Waals surface area contributed by atoms with Gasteiger partial charge in [0.25, 0.3) is 0 Å². The van der Waals surface area contributed by atoms with Crippen molar-refractivity contribution in [1.82, 2.24) is 0 Å². The molecule has 0 saturated carbocycles. The van der Waals surface area contributed by atoms with Crippen LogP contribution in [-0.4, -0.2) is 12.7 Å². The fraction of sp³-hybridized carbons (Fsp3) is 0.636. The number of hydrogen-bond donors (Lipinski definition) is 0. The molecular formula is C11H16O3. The quantitative estimate of drug-likeness (QED) is 0.728. The van der Waals surface area contributed by atoms with E-state index in [-0.39, 0.29) is 12.4 Å². The fourth-order valence-corrected chi connectivity index (χ4v) is 1.62. The number of hydrogen-bond acceptors (Lipinski definition) is 3. The van der Waals surface area contributed by atoms with Crippen molar-refractivity contribution in [3.63, 3.8) is 0 Å². The van der Waals surface area contributed by atoms with Crippen molar-refractivity contribution in [2.45, 2.75) is 32.7 Å². The summed E-state index contributed by atoms with van der Waals surface area (Å²) in [5.41, 5.74) is 0. The Morgan fingerprint density at radius 1 is 1.43 bits per heavy atom. The predicted molar refractivity (Wildman–Crippen MR) is 51.7 cm³/mol. The molecule has 0 N–H and O–H groups in total. The average Bonchev–Trinajstić information content (AvgIpc) is 2.71. The van der Waals surface area contributed by atoms with E-state index < -0.39 is 0 Å². The molecule has 14 heavy (non-hydrogen) atoms. The zero-order valence-electron chi connectivity index (χ0n) is 8.60. The molecule has 0 spiro atoms. The summed E-state index contributed by atoms with van der Waals surface area (Å²) in [4.78, 5) is 0. The van der Waals surface area contributed by atoms with Gasteiger partial charge in [-0.15, -0.1) is 0 Å². The van der Waals surface area contributed by atoms with Gasteiger partial charge in [0.1, 0.15) is 0 Å². The molecule has 1 saturated heterocycles. The van der Waals surface area contributed by atoms with Gasteiger partial charge in [-0.3, -0.25) is 0 Å². The summed E-state index contributed by atoms with van der Waals surface area (Å²) in [6.45, 7) is 5.07. The van der Waals surface area contributed by atoms with E-state index in [1.165, 1.54) is 0 Å². The minimum Gasteiger partial charge on any atom is -0.464 e. The second-order valence-electron chi connectivity index (χ2n) is 3.93. The normalized spacial score (nSPS) is 28.2. The Kier molecular flexibility index (Phi) is 2.89. The Labute approximate surface area is 84.0 Å². The Bertz CT molecular complexity index is 266. The third-order valence-corrected chi connectivity index (χ3v) is 2.49. The first-order valence-electron chi connectivity index (χ1n) is 5.08. The van der Waals surface area contributed by atoms with Crippen LogP contribution in [0.1, 0.15) is 32.3 Å². The number of rotatable bonds is 2. The first kappa shape index (κ1) is 9.74. The van der Waals surface area contributed by atoms with Gasteiger partial charge in [0.2, 0.25) is 6.29 Å². The molecule has 1 aliphatic heterocycles. The van der Waals surface area contributed by atoms with Crippen LogP contribution in [-0.2, 0) is 9.47 Å². The zero-order chi connectivity index (χ0) is 9.97. The standard InChI is InChI=1S/C11H16O3/c1-8(2)9-5-7-13-11(14-9)10-4-3-6-12-10/h3-4,6,8-9,11H,5,7H2,1-2H3/t9-,11-/m0/s1. The lowest BCUT2D eigenvalue weighted by Crippen LogP contribution is -2.30. The number of ether oxygens (including phenoxy) is 2. The molecule has 1 aromatic heterocycles. The van der Waals surface area contributed by atoms with Crippen LogP contribution in [0.3, 0.4) is 0 Å². The molecule has 0 radical (unpaired) electrons. The van der Waals surface area contributed by atoms with E-state index in [1.54, 1.807) is 6.26 Å².